The zero-order valence-electron chi connectivity index (χ0n) is 11.3. The van der Waals surface area contributed by atoms with Gasteiger partial charge in [-0.3, -0.25) is 0 Å². The van der Waals surface area contributed by atoms with Gasteiger partial charge in [0, 0.05) is 18.3 Å². The van der Waals surface area contributed by atoms with E-state index in [1.54, 1.807) is 12.9 Å². The van der Waals surface area contributed by atoms with Crippen molar-refractivity contribution in [2.75, 3.05) is 18.4 Å². The molecule has 0 spiro atoms. The summed E-state index contributed by atoms with van der Waals surface area (Å²) in [4.78, 5) is 1.60. The molecule has 0 aromatic heterocycles. The topological polar surface area (TPSA) is 69.6 Å². The Labute approximate surface area is 119 Å². The molecule has 1 aliphatic rings. The predicted molar refractivity (Wildman–Crippen MR) is 76.8 cm³/mol. The van der Waals surface area contributed by atoms with Gasteiger partial charge in [-0.25, -0.2) is 0 Å². The lowest BCUT2D eigenvalue weighted by molar-refractivity contribution is 0.295. The summed E-state index contributed by atoms with van der Waals surface area (Å²) in [5.74, 6) is 0. The average molecular weight is 300 g/mol. The molecule has 0 radical (unpaired) electrons. The molecule has 0 saturated carbocycles. The monoisotopic (exact) mass is 300 g/mol. The molecule has 2 N–H and O–H groups in total. The van der Waals surface area contributed by atoms with E-state index in [2.05, 4.69) is 5.32 Å². The SMILES string of the molecule is CB(O)N1CCC[C@@H](Nc2cccc(S(=O)(=O)F)c2)C1. The summed E-state index contributed by atoms with van der Waals surface area (Å²) < 4.78 is 34.7. The van der Waals surface area contributed by atoms with Crippen LogP contribution in [-0.4, -0.2) is 44.4 Å². The fraction of sp³-hybridized carbons (Fsp3) is 0.500. The van der Waals surface area contributed by atoms with Crippen LogP contribution in [0.2, 0.25) is 6.82 Å². The summed E-state index contributed by atoms with van der Waals surface area (Å²) in [7, 11) is -5.18. The van der Waals surface area contributed by atoms with Crippen LogP contribution in [0.1, 0.15) is 12.8 Å². The lowest BCUT2D eigenvalue weighted by Crippen LogP contribution is -2.48. The minimum Gasteiger partial charge on any atom is -0.437 e. The van der Waals surface area contributed by atoms with Crippen LogP contribution in [0.3, 0.4) is 0 Å². The number of rotatable bonds is 4. The highest BCUT2D eigenvalue weighted by molar-refractivity contribution is 7.86. The molecule has 0 bridgehead atoms. The Kier molecular flexibility index (Phi) is 4.67. The van der Waals surface area contributed by atoms with Crippen LogP contribution in [0.4, 0.5) is 9.57 Å². The molecule has 1 aromatic rings. The molecule has 8 heteroatoms. The van der Waals surface area contributed by atoms with E-state index in [1.807, 2.05) is 4.81 Å². The lowest BCUT2D eigenvalue weighted by atomic mass is 9.82. The van der Waals surface area contributed by atoms with Crippen LogP contribution in [0, 0.1) is 0 Å². The molecule has 2 rings (SSSR count). The Morgan fingerprint density at radius 2 is 2.25 bits per heavy atom. The van der Waals surface area contributed by atoms with Gasteiger partial charge in [-0.2, -0.15) is 8.42 Å². The molecular formula is C12H18BFN2O3S. The van der Waals surface area contributed by atoms with E-state index in [1.165, 1.54) is 18.2 Å². The van der Waals surface area contributed by atoms with Crippen molar-refractivity contribution in [2.24, 2.45) is 0 Å². The first-order chi connectivity index (χ1) is 9.36. The van der Waals surface area contributed by atoms with Crippen molar-refractivity contribution in [1.82, 2.24) is 4.81 Å². The van der Waals surface area contributed by atoms with E-state index in [9.17, 15) is 17.3 Å². The lowest BCUT2D eigenvalue weighted by Gasteiger charge is -2.34. The highest BCUT2D eigenvalue weighted by Crippen LogP contribution is 2.20. The van der Waals surface area contributed by atoms with Crippen LogP contribution >= 0.6 is 0 Å². The molecule has 0 unspecified atom stereocenters. The van der Waals surface area contributed by atoms with Crippen molar-refractivity contribution in [1.29, 1.82) is 0 Å². The number of benzene rings is 1. The first kappa shape index (κ1) is 15.3. The van der Waals surface area contributed by atoms with Crippen molar-refractivity contribution < 1.29 is 17.3 Å². The maximum absolute atomic E-state index is 13.0. The Morgan fingerprint density at radius 3 is 2.90 bits per heavy atom. The van der Waals surface area contributed by atoms with E-state index >= 15 is 0 Å². The number of anilines is 1. The fourth-order valence-electron chi connectivity index (χ4n) is 2.44. The van der Waals surface area contributed by atoms with Gasteiger partial charge in [0.05, 0.1) is 0 Å². The number of hydrogen-bond acceptors (Lipinski definition) is 5. The second-order valence-electron chi connectivity index (χ2n) is 5.08. The van der Waals surface area contributed by atoms with Gasteiger partial charge in [0.1, 0.15) is 4.90 Å². The number of piperidine rings is 1. The summed E-state index contributed by atoms with van der Waals surface area (Å²) in [6, 6.07) is 5.83. The quantitative estimate of drug-likeness (QED) is 0.648. The van der Waals surface area contributed by atoms with Gasteiger partial charge >= 0.3 is 17.3 Å². The van der Waals surface area contributed by atoms with E-state index < -0.39 is 17.3 Å². The maximum atomic E-state index is 13.0. The zero-order valence-corrected chi connectivity index (χ0v) is 12.1. The van der Waals surface area contributed by atoms with Crippen LogP contribution < -0.4 is 5.32 Å². The first-order valence-electron chi connectivity index (χ1n) is 6.59. The molecule has 1 fully saturated rings. The van der Waals surface area contributed by atoms with Gasteiger partial charge in [-0.1, -0.05) is 6.07 Å². The van der Waals surface area contributed by atoms with Crippen molar-refractivity contribution >= 4 is 23.0 Å². The Morgan fingerprint density at radius 1 is 1.50 bits per heavy atom. The number of nitrogens with one attached hydrogen (secondary N) is 1. The fourth-order valence-corrected chi connectivity index (χ4v) is 2.95. The number of nitrogens with zero attached hydrogens (tertiary/aromatic N) is 1. The first-order valence-corrected chi connectivity index (χ1v) is 7.98. The Hall–Kier alpha value is -1.12. The van der Waals surface area contributed by atoms with Crippen molar-refractivity contribution in [3.05, 3.63) is 24.3 Å². The smallest absolute Gasteiger partial charge is 0.376 e. The normalized spacial score (nSPS) is 20.6. The number of halogens is 1. The van der Waals surface area contributed by atoms with Crippen LogP contribution in [0.5, 0.6) is 0 Å². The van der Waals surface area contributed by atoms with E-state index in [0.29, 0.717) is 12.2 Å². The highest BCUT2D eigenvalue weighted by atomic mass is 32.3. The van der Waals surface area contributed by atoms with Crippen molar-refractivity contribution in [2.45, 2.75) is 30.6 Å². The molecule has 20 heavy (non-hydrogen) atoms. The second kappa shape index (κ2) is 6.11. The minimum atomic E-state index is -4.68. The van der Waals surface area contributed by atoms with Gasteiger partial charge in [-0.15, -0.1) is 3.89 Å². The zero-order chi connectivity index (χ0) is 14.8. The summed E-state index contributed by atoms with van der Waals surface area (Å²) in [5, 5.41) is 12.8. The maximum Gasteiger partial charge on any atom is 0.376 e. The molecule has 1 aromatic carbocycles. The van der Waals surface area contributed by atoms with Gasteiger partial charge in [0.15, 0.2) is 0 Å². The minimum absolute atomic E-state index is 0.107. The van der Waals surface area contributed by atoms with E-state index in [4.69, 9.17) is 0 Å². The second-order valence-corrected chi connectivity index (χ2v) is 6.42. The molecular weight excluding hydrogens is 282 g/mol. The van der Waals surface area contributed by atoms with Crippen LogP contribution in [0.15, 0.2) is 29.2 Å². The third-order valence-electron chi connectivity index (χ3n) is 3.47. The molecule has 0 amide bonds. The van der Waals surface area contributed by atoms with Crippen LogP contribution in [0.25, 0.3) is 0 Å². The molecule has 1 saturated heterocycles. The third-order valence-corrected chi connectivity index (χ3v) is 4.28. The molecule has 1 aliphatic heterocycles. The Bertz CT molecular complexity index is 568. The van der Waals surface area contributed by atoms with Crippen LogP contribution in [-0.2, 0) is 10.2 Å². The van der Waals surface area contributed by atoms with Gasteiger partial charge in [0.25, 0.3) is 0 Å². The van der Waals surface area contributed by atoms with E-state index in [0.717, 1.165) is 19.4 Å². The highest BCUT2D eigenvalue weighted by Gasteiger charge is 2.24. The predicted octanol–water partition coefficient (Wildman–Crippen LogP) is 1.33. The average Bonchev–Trinajstić information content (AvgIpc) is 2.38. The summed E-state index contributed by atoms with van der Waals surface area (Å²) in [6.45, 7) is 3.23. The molecule has 1 heterocycles. The standard InChI is InChI=1S/C12H18BFN2O3S/c1-13(17)16-7-3-5-11(9-16)15-10-4-2-6-12(8-10)20(14,18)19/h2,4,6,8,11,15,17H,3,5,7,9H2,1H3/t11-/m1/s1. The largest absolute Gasteiger partial charge is 0.437 e. The third kappa shape index (κ3) is 3.94. The summed E-state index contributed by atoms with van der Waals surface area (Å²) in [5.41, 5.74) is 0.571. The molecule has 1 atom stereocenters. The summed E-state index contributed by atoms with van der Waals surface area (Å²) in [6.07, 6.45) is 1.87. The van der Waals surface area contributed by atoms with Crippen molar-refractivity contribution in [3.8, 4) is 0 Å². The van der Waals surface area contributed by atoms with Crippen molar-refractivity contribution in [3.63, 3.8) is 0 Å². The number of hydrogen-bond donors (Lipinski definition) is 2. The van der Waals surface area contributed by atoms with Gasteiger partial charge < -0.3 is 15.2 Å². The van der Waals surface area contributed by atoms with Gasteiger partial charge in [-0.05, 0) is 44.4 Å². The molecule has 5 nitrogen and oxygen atoms in total. The Balaban J connectivity index is 2.06. The van der Waals surface area contributed by atoms with E-state index in [-0.39, 0.29) is 10.9 Å². The van der Waals surface area contributed by atoms with Gasteiger partial charge in [0.2, 0.25) is 0 Å². The summed E-state index contributed by atoms with van der Waals surface area (Å²) >= 11 is 0. The molecule has 0 aliphatic carbocycles. The molecule has 110 valence electrons.